The number of hydrogen-bond donors (Lipinski definition) is 0. The number of carbonyl (C=O) groups is 1. The predicted molar refractivity (Wildman–Crippen MR) is 69.7 cm³/mol. The molecule has 88 valence electrons. The summed E-state index contributed by atoms with van der Waals surface area (Å²) in [6.07, 6.45) is 5.18. The zero-order valence-electron chi connectivity index (χ0n) is 9.63. The normalized spacial score (nSPS) is 23.5. The average molecular weight is 245 g/mol. The highest BCUT2D eigenvalue weighted by Gasteiger charge is 2.32. The van der Waals surface area contributed by atoms with Gasteiger partial charge in [-0.3, -0.25) is 4.79 Å². The van der Waals surface area contributed by atoms with Crippen LogP contribution in [0.1, 0.15) is 19.3 Å². The molecule has 3 rings (SSSR count). The Morgan fingerprint density at radius 3 is 2.88 bits per heavy atom. The summed E-state index contributed by atoms with van der Waals surface area (Å²) in [7, 11) is 0. The van der Waals surface area contributed by atoms with Crippen LogP contribution in [-0.4, -0.2) is 23.4 Å². The maximum atomic E-state index is 11.9. The highest BCUT2D eigenvalue weighted by molar-refractivity contribution is 8.03. The molecule has 0 radical (unpaired) electrons. The molecule has 1 atom stereocenters. The molecule has 0 saturated carbocycles. The molecule has 1 amide bonds. The third kappa shape index (κ3) is 2.25. The van der Waals surface area contributed by atoms with Crippen molar-refractivity contribution in [2.75, 3.05) is 6.54 Å². The van der Waals surface area contributed by atoms with Crippen LogP contribution in [0, 0.1) is 0 Å². The zero-order chi connectivity index (χ0) is 11.7. The lowest BCUT2D eigenvalue weighted by Gasteiger charge is -2.28. The Kier molecular flexibility index (Phi) is 2.93. The van der Waals surface area contributed by atoms with Gasteiger partial charge in [0, 0.05) is 23.6 Å². The topological polar surface area (TPSA) is 20.3 Å². The number of benzene rings is 1. The summed E-state index contributed by atoms with van der Waals surface area (Å²) in [5.41, 5.74) is 0. The molecule has 0 spiro atoms. The van der Waals surface area contributed by atoms with Crippen molar-refractivity contribution in [1.82, 2.24) is 4.90 Å². The lowest BCUT2D eigenvalue weighted by atomic mass is 10.1. The van der Waals surface area contributed by atoms with Gasteiger partial charge in [-0.05, 0) is 36.3 Å². The Labute approximate surface area is 106 Å². The maximum absolute atomic E-state index is 11.9. The van der Waals surface area contributed by atoms with E-state index in [-0.39, 0.29) is 5.91 Å². The van der Waals surface area contributed by atoms with E-state index in [1.165, 1.54) is 16.2 Å². The van der Waals surface area contributed by atoms with Crippen molar-refractivity contribution in [3.63, 3.8) is 0 Å². The summed E-state index contributed by atoms with van der Waals surface area (Å²) in [4.78, 5) is 16.4. The lowest BCUT2D eigenvalue weighted by molar-refractivity contribution is -0.127. The number of amides is 1. The summed E-state index contributed by atoms with van der Waals surface area (Å²) in [5, 5.41) is 0. The molecule has 1 unspecified atom stereocenters. The van der Waals surface area contributed by atoms with Gasteiger partial charge < -0.3 is 4.90 Å². The highest BCUT2D eigenvalue weighted by Crippen LogP contribution is 2.36. The first-order valence-corrected chi connectivity index (χ1v) is 6.88. The smallest absolute Gasteiger partial charge is 0.247 e. The summed E-state index contributed by atoms with van der Waals surface area (Å²) in [6, 6.07) is 10.7. The molecular weight excluding hydrogens is 230 g/mol. The number of thioether (sulfide) groups is 1. The van der Waals surface area contributed by atoms with Gasteiger partial charge in [-0.25, -0.2) is 0 Å². The van der Waals surface area contributed by atoms with Gasteiger partial charge in [-0.2, -0.15) is 0 Å². The largest absolute Gasteiger partial charge is 0.336 e. The third-order valence-corrected chi connectivity index (χ3v) is 4.43. The second-order valence-electron chi connectivity index (χ2n) is 4.56. The minimum atomic E-state index is 0.206. The van der Waals surface area contributed by atoms with Crippen LogP contribution in [0.5, 0.6) is 0 Å². The minimum absolute atomic E-state index is 0.206. The van der Waals surface area contributed by atoms with Crippen LogP contribution in [0.25, 0.3) is 0 Å². The van der Waals surface area contributed by atoms with E-state index in [2.05, 4.69) is 12.1 Å². The minimum Gasteiger partial charge on any atom is -0.336 e. The van der Waals surface area contributed by atoms with Gasteiger partial charge in [-0.1, -0.05) is 30.0 Å². The Morgan fingerprint density at radius 2 is 2.06 bits per heavy atom. The van der Waals surface area contributed by atoms with Crippen molar-refractivity contribution < 1.29 is 4.79 Å². The molecule has 1 fully saturated rings. The van der Waals surface area contributed by atoms with Crippen LogP contribution in [-0.2, 0) is 4.79 Å². The van der Waals surface area contributed by atoms with Gasteiger partial charge >= 0.3 is 0 Å². The van der Waals surface area contributed by atoms with Crippen molar-refractivity contribution in [3.8, 4) is 0 Å². The molecule has 3 heteroatoms. The first-order chi connectivity index (χ1) is 8.33. The second-order valence-corrected chi connectivity index (χ2v) is 5.76. The Hall–Kier alpha value is -1.22. The van der Waals surface area contributed by atoms with Gasteiger partial charge in [0.25, 0.3) is 0 Å². The van der Waals surface area contributed by atoms with Gasteiger partial charge in [-0.15, -0.1) is 0 Å². The van der Waals surface area contributed by atoms with Crippen LogP contribution < -0.4 is 0 Å². The second kappa shape index (κ2) is 4.57. The van der Waals surface area contributed by atoms with E-state index in [9.17, 15) is 4.79 Å². The molecule has 17 heavy (non-hydrogen) atoms. The number of hydrogen-bond acceptors (Lipinski definition) is 2. The molecule has 1 aromatic carbocycles. The fourth-order valence-electron chi connectivity index (χ4n) is 2.56. The molecule has 0 N–H and O–H groups in total. The van der Waals surface area contributed by atoms with E-state index in [4.69, 9.17) is 0 Å². The molecule has 2 aliphatic heterocycles. The first kappa shape index (κ1) is 10.9. The van der Waals surface area contributed by atoms with Crippen LogP contribution in [0.4, 0.5) is 0 Å². The average Bonchev–Trinajstić information content (AvgIpc) is 2.79. The van der Waals surface area contributed by atoms with E-state index in [1.54, 1.807) is 11.8 Å². The summed E-state index contributed by atoms with van der Waals surface area (Å²) in [6.45, 7) is 0.948. The van der Waals surface area contributed by atoms with Crippen molar-refractivity contribution in [3.05, 3.63) is 41.3 Å². The zero-order valence-corrected chi connectivity index (χ0v) is 10.5. The van der Waals surface area contributed by atoms with Gasteiger partial charge in [0.15, 0.2) is 0 Å². The van der Waals surface area contributed by atoms with E-state index < -0.39 is 0 Å². The van der Waals surface area contributed by atoms with Gasteiger partial charge in [0.05, 0.1) is 0 Å². The molecule has 1 saturated heterocycles. The van der Waals surface area contributed by atoms with Crippen LogP contribution in [0.3, 0.4) is 0 Å². The number of rotatable bonds is 2. The van der Waals surface area contributed by atoms with Crippen molar-refractivity contribution in [1.29, 1.82) is 0 Å². The van der Waals surface area contributed by atoms with Gasteiger partial charge in [0.1, 0.15) is 0 Å². The first-order valence-electron chi connectivity index (χ1n) is 6.07. The number of nitrogens with zero attached hydrogens (tertiary/aromatic N) is 1. The van der Waals surface area contributed by atoms with Crippen molar-refractivity contribution >= 4 is 17.7 Å². The fourth-order valence-corrected chi connectivity index (χ4v) is 3.59. The third-order valence-electron chi connectivity index (χ3n) is 3.37. The highest BCUT2D eigenvalue weighted by atomic mass is 32.2. The van der Waals surface area contributed by atoms with E-state index >= 15 is 0 Å². The molecule has 0 aliphatic carbocycles. The molecule has 1 aromatic rings. The van der Waals surface area contributed by atoms with E-state index in [0.29, 0.717) is 6.04 Å². The molecule has 0 aromatic heterocycles. The monoisotopic (exact) mass is 245 g/mol. The lowest BCUT2D eigenvalue weighted by Crippen LogP contribution is -2.37. The van der Waals surface area contributed by atoms with Crippen molar-refractivity contribution in [2.24, 2.45) is 0 Å². The van der Waals surface area contributed by atoms with E-state index in [1.807, 2.05) is 29.2 Å². The van der Waals surface area contributed by atoms with E-state index in [0.717, 1.165) is 19.4 Å². The Bertz CT molecular complexity index is 455. The Morgan fingerprint density at radius 1 is 1.24 bits per heavy atom. The number of fused-ring (bicyclic) bond motifs is 1. The Balaban J connectivity index is 1.76. The standard InChI is InChI=1S/C14H15NOS/c16-14-10-13(9-11-5-4-8-15(11)14)17-12-6-2-1-3-7-12/h1-3,6-7,10-11H,4-5,8-9H2. The molecular formula is C14H15NOS. The van der Waals surface area contributed by atoms with Crippen molar-refractivity contribution in [2.45, 2.75) is 30.2 Å². The molecule has 2 aliphatic rings. The fraction of sp³-hybridized carbons (Fsp3) is 0.357. The molecule has 2 nitrogen and oxygen atoms in total. The van der Waals surface area contributed by atoms with Crippen LogP contribution in [0.2, 0.25) is 0 Å². The van der Waals surface area contributed by atoms with Crippen LogP contribution in [0.15, 0.2) is 46.2 Å². The molecule has 0 bridgehead atoms. The summed E-state index contributed by atoms with van der Waals surface area (Å²) >= 11 is 1.73. The number of carbonyl (C=O) groups excluding carboxylic acids is 1. The summed E-state index contributed by atoms with van der Waals surface area (Å²) in [5.74, 6) is 0.206. The quantitative estimate of drug-likeness (QED) is 0.798. The maximum Gasteiger partial charge on any atom is 0.247 e. The predicted octanol–water partition coefficient (Wildman–Crippen LogP) is 3.06. The molecule has 2 heterocycles. The SMILES string of the molecule is O=C1C=C(Sc2ccccc2)CC2CCCN12. The summed E-state index contributed by atoms with van der Waals surface area (Å²) < 4.78 is 0. The van der Waals surface area contributed by atoms with Gasteiger partial charge in [0.2, 0.25) is 5.91 Å². The van der Waals surface area contributed by atoms with Crippen LogP contribution >= 0.6 is 11.8 Å².